The number of thiophene rings is 1. The van der Waals surface area contributed by atoms with Crippen molar-refractivity contribution in [1.82, 2.24) is 10.9 Å². The van der Waals surface area contributed by atoms with Gasteiger partial charge in [-0.2, -0.15) is 0 Å². The maximum absolute atomic E-state index is 12.9. The number of ether oxygens (including phenoxy) is 1. The molecule has 0 fully saturated rings. The molecule has 0 saturated carbocycles. The minimum absolute atomic E-state index is 0.285. The first-order chi connectivity index (χ1) is 15.5. The zero-order valence-corrected chi connectivity index (χ0v) is 19.5. The summed E-state index contributed by atoms with van der Waals surface area (Å²) in [6.45, 7) is 4.13. The monoisotopic (exact) mass is 457 g/mol. The highest BCUT2D eigenvalue weighted by Crippen LogP contribution is 2.37. The van der Waals surface area contributed by atoms with Crippen LogP contribution in [0.2, 0.25) is 0 Å². The number of fused-ring (bicyclic) bond motifs is 1. The van der Waals surface area contributed by atoms with Gasteiger partial charge in [0.1, 0.15) is 10.8 Å². The van der Waals surface area contributed by atoms with Crippen LogP contribution in [0.4, 0.5) is 5.00 Å². The number of nitrogens with one attached hydrogen (secondary N) is 3. The lowest BCUT2D eigenvalue weighted by atomic mass is 10.0. The molecule has 1 aromatic carbocycles. The molecule has 32 heavy (non-hydrogen) atoms. The van der Waals surface area contributed by atoms with E-state index >= 15 is 0 Å². The lowest BCUT2D eigenvalue weighted by Crippen LogP contribution is -2.40. The molecule has 0 bridgehead atoms. The minimum Gasteiger partial charge on any atom is -0.494 e. The van der Waals surface area contributed by atoms with E-state index in [1.54, 1.807) is 24.3 Å². The van der Waals surface area contributed by atoms with Crippen molar-refractivity contribution in [3.05, 3.63) is 45.8 Å². The van der Waals surface area contributed by atoms with Gasteiger partial charge in [-0.15, -0.1) is 11.3 Å². The molecule has 0 unspecified atom stereocenters. The molecule has 0 aliphatic heterocycles. The van der Waals surface area contributed by atoms with Crippen LogP contribution in [0.5, 0.6) is 5.75 Å². The molecule has 2 aromatic rings. The molecule has 0 atom stereocenters. The number of hydrogen-bond donors (Lipinski definition) is 3. The second kappa shape index (κ2) is 11.7. The second-order valence-corrected chi connectivity index (χ2v) is 9.04. The number of amides is 3. The zero-order valence-electron chi connectivity index (χ0n) is 18.7. The average Bonchev–Trinajstić information content (AvgIpc) is 2.95. The van der Waals surface area contributed by atoms with Gasteiger partial charge < -0.3 is 10.1 Å². The molecule has 172 valence electrons. The van der Waals surface area contributed by atoms with E-state index in [-0.39, 0.29) is 11.8 Å². The maximum atomic E-state index is 12.9. The van der Waals surface area contributed by atoms with Crippen molar-refractivity contribution in [1.29, 1.82) is 0 Å². The van der Waals surface area contributed by atoms with Crippen LogP contribution in [0.15, 0.2) is 24.3 Å². The molecule has 3 N–H and O–H groups in total. The van der Waals surface area contributed by atoms with Gasteiger partial charge in [0, 0.05) is 17.4 Å². The van der Waals surface area contributed by atoms with Crippen LogP contribution < -0.4 is 20.9 Å². The van der Waals surface area contributed by atoms with Gasteiger partial charge in [-0.25, -0.2) is 0 Å². The van der Waals surface area contributed by atoms with Crippen molar-refractivity contribution in [2.24, 2.45) is 0 Å². The number of hydrazine groups is 1. The number of benzene rings is 1. The minimum atomic E-state index is -0.411. The predicted molar refractivity (Wildman–Crippen MR) is 126 cm³/mol. The van der Waals surface area contributed by atoms with Crippen LogP contribution in [0.1, 0.15) is 83.5 Å². The Labute approximate surface area is 192 Å². The molecule has 0 spiro atoms. The summed E-state index contributed by atoms with van der Waals surface area (Å²) in [5, 5.41) is 3.44. The third-order valence-corrected chi connectivity index (χ3v) is 6.57. The number of unbranched alkanes of at least 4 members (excludes halogenated alkanes) is 2. The lowest BCUT2D eigenvalue weighted by Gasteiger charge is -2.11. The van der Waals surface area contributed by atoms with Crippen molar-refractivity contribution in [2.45, 2.75) is 65.2 Å². The Hall–Kier alpha value is -2.87. The van der Waals surface area contributed by atoms with E-state index in [2.05, 4.69) is 23.1 Å². The van der Waals surface area contributed by atoms with E-state index in [9.17, 15) is 14.4 Å². The lowest BCUT2D eigenvalue weighted by molar-refractivity contribution is -0.119. The standard InChI is InChI=1S/C24H31N3O4S/c1-3-4-8-15-31-18-13-11-17(12-14-18)22(29)25-24-21(23(30)27-26-16(2)28)19-9-6-5-7-10-20(19)32-24/h11-14H,3-10,15H2,1-2H3,(H,25,29)(H,26,28)(H,27,30). The van der Waals surface area contributed by atoms with Gasteiger partial charge in [-0.05, 0) is 61.9 Å². The van der Waals surface area contributed by atoms with Gasteiger partial charge in [0.25, 0.3) is 11.8 Å². The van der Waals surface area contributed by atoms with Gasteiger partial charge >= 0.3 is 0 Å². The molecule has 1 heterocycles. The second-order valence-electron chi connectivity index (χ2n) is 7.94. The Morgan fingerprint density at radius 1 is 0.969 bits per heavy atom. The first-order valence-electron chi connectivity index (χ1n) is 11.2. The van der Waals surface area contributed by atoms with E-state index in [1.807, 2.05) is 0 Å². The molecule has 1 aliphatic carbocycles. The Balaban J connectivity index is 1.74. The normalized spacial score (nSPS) is 12.9. The summed E-state index contributed by atoms with van der Waals surface area (Å²) in [5.41, 5.74) is 6.69. The van der Waals surface area contributed by atoms with Crippen LogP contribution in [0, 0.1) is 0 Å². The van der Waals surface area contributed by atoms with Crippen LogP contribution in [-0.4, -0.2) is 24.3 Å². The largest absolute Gasteiger partial charge is 0.494 e. The van der Waals surface area contributed by atoms with E-state index in [4.69, 9.17) is 4.74 Å². The maximum Gasteiger partial charge on any atom is 0.272 e. The van der Waals surface area contributed by atoms with E-state index < -0.39 is 5.91 Å². The summed E-state index contributed by atoms with van der Waals surface area (Å²) < 4.78 is 5.71. The number of carbonyl (C=O) groups excluding carboxylic acids is 3. The first-order valence-corrected chi connectivity index (χ1v) is 12.1. The van der Waals surface area contributed by atoms with Crippen LogP contribution in [0.25, 0.3) is 0 Å². The fourth-order valence-corrected chi connectivity index (χ4v) is 4.98. The molecule has 1 aromatic heterocycles. The third-order valence-electron chi connectivity index (χ3n) is 5.36. The molecular formula is C24H31N3O4S. The Morgan fingerprint density at radius 2 is 1.72 bits per heavy atom. The number of anilines is 1. The zero-order chi connectivity index (χ0) is 22.9. The van der Waals surface area contributed by atoms with E-state index in [0.717, 1.165) is 67.6 Å². The third kappa shape index (κ3) is 6.32. The molecule has 3 rings (SSSR count). The first kappa shape index (κ1) is 23.8. The summed E-state index contributed by atoms with van der Waals surface area (Å²) in [6.07, 6.45) is 8.12. The van der Waals surface area contributed by atoms with Gasteiger partial charge in [0.05, 0.1) is 12.2 Å². The number of carbonyl (C=O) groups is 3. The highest BCUT2D eigenvalue weighted by molar-refractivity contribution is 7.17. The molecule has 8 heteroatoms. The summed E-state index contributed by atoms with van der Waals surface area (Å²) in [6, 6.07) is 7.02. The Kier molecular flexibility index (Phi) is 8.67. The molecule has 7 nitrogen and oxygen atoms in total. The van der Waals surface area contributed by atoms with E-state index in [1.165, 1.54) is 18.3 Å². The Bertz CT molecular complexity index is 953. The summed E-state index contributed by atoms with van der Waals surface area (Å²) in [5.74, 6) is -0.323. The van der Waals surface area contributed by atoms with Crippen molar-refractivity contribution in [3.63, 3.8) is 0 Å². The van der Waals surface area contributed by atoms with Crippen LogP contribution >= 0.6 is 11.3 Å². The van der Waals surface area contributed by atoms with Gasteiger partial charge in [-0.3, -0.25) is 25.2 Å². The topological polar surface area (TPSA) is 96.5 Å². The van der Waals surface area contributed by atoms with Gasteiger partial charge in [0.2, 0.25) is 5.91 Å². The SMILES string of the molecule is CCCCCOc1ccc(C(=O)Nc2sc3c(c2C(=O)NNC(C)=O)CCCCC3)cc1. The van der Waals surface area contributed by atoms with Crippen molar-refractivity contribution < 1.29 is 19.1 Å². The molecule has 0 saturated heterocycles. The summed E-state index contributed by atoms with van der Waals surface area (Å²) >= 11 is 1.45. The molecule has 1 aliphatic rings. The van der Waals surface area contributed by atoms with Gasteiger partial charge in [0.15, 0.2) is 0 Å². The quantitative estimate of drug-likeness (QED) is 0.306. The molecule has 3 amide bonds. The predicted octanol–water partition coefficient (Wildman–Crippen LogP) is 4.62. The molecule has 0 radical (unpaired) electrons. The van der Waals surface area contributed by atoms with Crippen molar-refractivity contribution >= 4 is 34.1 Å². The van der Waals surface area contributed by atoms with Crippen molar-refractivity contribution in [3.8, 4) is 5.75 Å². The average molecular weight is 458 g/mol. The van der Waals surface area contributed by atoms with E-state index in [0.29, 0.717) is 22.7 Å². The summed E-state index contributed by atoms with van der Waals surface area (Å²) in [7, 11) is 0. The number of rotatable bonds is 8. The van der Waals surface area contributed by atoms with Gasteiger partial charge in [-0.1, -0.05) is 26.2 Å². The Morgan fingerprint density at radius 3 is 2.44 bits per heavy atom. The van der Waals surface area contributed by atoms with Crippen LogP contribution in [-0.2, 0) is 17.6 Å². The molecular weight excluding hydrogens is 426 g/mol. The van der Waals surface area contributed by atoms with Crippen LogP contribution in [0.3, 0.4) is 0 Å². The highest BCUT2D eigenvalue weighted by Gasteiger charge is 2.26. The fourth-order valence-electron chi connectivity index (χ4n) is 3.70. The summed E-state index contributed by atoms with van der Waals surface area (Å²) in [4.78, 5) is 38.1. The van der Waals surface area contributed by atoms with Crippen molar-refractivity contribution in [2.75, 3.05) is 11.9 Å². The number of hydrogen-bond acceptors (Lipinski definition) is 5. The fraction of sp³-hybridized carbons (Fsp3) is 0.458. The highest BCUT2D eigenvalue weighted by atomic mass is 32.1. The number of aryl methyl sites for hydroxylation is 1. The smallest absolute Gasteiger partial charge is 0.272 e.